The van der Waals surface area contributed by atoms with Crippen LogP contribution >= 0.6 is 11.8 Å². The summed E-state index contributed by atoms with van der Waals surface area (Å²) in [5.41, 5.74) is 1.58. The van der Waals surface area contributed by atoms with E-state index >= 15 is 0 Å². The zero-order chi connectivity index (χ0) is 11.3. The van der Waals surface area contributed by atoms with Gasteiger partial charge in [-0.05, 0) is 43.3 Å². The third kappa shape index (κ3) is 3.22. The molecule has 0 saturated carbocycles. The minimum absolute atomic E-state index is 0.0583. The fourth-order valence-corrected chi connectivity index (χ4v) is 1.31. The van der Waals surface area contributed by atoms with Gasteiger partial charge in [0.1, 0.15) is 0 Å². The van der Waals surface area contributed by atoms with Crippen LogP contribution in [0, 0.1) is 0 Å². The molecule has 0 heterocycles. The summed E-state index contributed by atoms with van der Waals surface area (Å²) in [6.07, 6.45) is 0. The van der Waals surface area contributed by atoms with E-state index in [2.05, 4.69) is 4.84 Å². The van der Waals surface area contributed by atoms with Crippen LogP contribution in [0.2, 0.25) is 0 Å². The Labute approximate surface area is 94.5 Å². The third-order valence-corrected chi connectivity index (χ3v) is 2.41. The molecule has 1 N–H and O–H groups in total. The van der Waals surface area contributed by atoms with Crippen molar-refractivity contribution in [2.45, 2.75) is 19.9 Å². The van der Waals surface area contributed by atoms with Crippen molar-refractivity contribution in [2.75, 3.05) is 6.61 Å². The largest absolute Gasteiger partial charge is 0.462 e. The van der Waals surface area contributed by atoms with Crippen molar-refractivity contribution in [1.29, 1.82) is 0 Å². The highest BCUT2D eigenvalue weighted by Crippen LogP contribution is 2.14. The lowest BCUT2D eigenvalue weighted by atomic mass is 10.1. The van der Waals surface area contributed by atoms with Gasteiger partial charge < -0.3 is 4.74 Å². The summed E-state index contributed by atoms with van der Waals surface area (Å²) in [5.74, 6) is -0.296. The van der Waals surface area contributed by atoms with Crippen LogP contribution in [0.4, 0.5) is 0 Å². The number of hydrogen-bond acceptors (Lipinski definition) is 3. The Morgan fingerprint density at radius 3 is 2.53 bits per heavy atom. The molecule has 0 bridgehead atoms. The molecule has 1 atom stereocenters. The van der Waals surface area contributed by atoms with E-state index in [1.165, 1.54) is 0 Å². The van der Waals surface area contributed by atoms with E-state index in [1.54, 1.807) is 19.1 Å². The number of esters is 1. The highest BCUT2D eigenvalue weighted by Gasteiger charge is 2.07. The van der Waals surface area contributed by atoms with Gasteiger partial charge in [-0.3, -0.25) is 0 Å². The number of carbonyl (C=O) groups is 1. The first-order valence-corrected chi connectivity index (χ1v) is 5.20. The number of ether oxygens (including phenoxy) is 1. The van der Waals surface area contributed by atoms with Crippen LogP contribution in [-0.4, -0.2) is 12.6 Å². The highest BCUT2D eigenvalue weighted by atomic mass is 35.5. The van der Waals surface area contributed by atoms with E-state index < -0.39 is 0 Å². The summed E-state index contributed by atoms with van der Waals surface area (Å²) >= 11 is 5.50. The van der Waals surface area contributed by atoms with E-state index in [9.17, 15) is 4.79 Å². The molecule has 0 radical (unpaired) electrons. The molecule has 3 nitrogen and oxygen atoms in total. The maximum Gasteiger partial charge on any atom is 0.338 e. The van der Waals surface area contributed by atoms with Gasteiger partial charge in [0.05, 0.1) is 12.2 Å². The SMILES string of the molecule is CCOC(=O)c1ccc([C@@H](C)NCl)cc1. The number of benzene rings is 1. The lowest BCUT2D eigenvalue weighted by Crippen LogP contribution is -2.08. The molecule has 0 fully saturated rings. The van der Waals surface area contributed by atoms with Crippen LogP contribution in [-0.2, 0) is 4.74 Å². The first-order chi connectivity index (χ1) is 7.19. The standard InChI is InChI=1S/C11H14ClNO2/c1-3-15-11(14)10-6-4-9(5-7-10)8(2)13-12/h4-8,13H,3H2,1-2H3/t8-/m1/s1. The summed E-state index contributed by atoms with van der Waals surface area (Å²) < 4.78 is 4.87. The van der Waals surface area contributed by atoms with Crippen LogP contribution in [0.5, 0.6) is 0 Å². The van der Waals surface area contributed by atoms with Crippen molar-refractivity contribution in [1.82, 2.24) is 4.84 Å². The zero-order valence-corrected chi connectivity index (χ0v) is 9.54. The number of halogens is 1. The summed E-state index contributed by atoms with van der Waals surface area (Å²) in [6.45, 7) is 4.11. The zero-order valence-electron chi connectivity index (χ0n) is 8.79. The Hall–Kier alpha value is -1.06. The number of rotatable bonds is 4. The molecule has 0 unspecified atom stereocenters. The van der Waals surface area contributed by atoms with Crippen LogP contribution in [0.25, 0.3) is 0 Å². The first kappa shape index (κ1) is 12.0. The Balaban J connectivity index is 2.76. The molecule has 0 aliphatic rings. The Bertz CT molecular complexity index is 324. The first-order valence-electron chi connectivity index (χ1n) is 4.82. The van der Waals surface area contributed by atoms with Crippen molar-refractivity contribution >= 4 is 17.7 Å². The third-order valence-electron chi connectivity index (χ3n) is 2.09. The summed E-state index contributed by atoms with van der Waals surface area (Å²) in [6, 6.07) is 7.23. The van der Waals surface area contributed by atoms with Crippen molar-refractivity contribution in [2.24, 2.45) is 0 Å². The highest BCUT2D eigenvalue weighted by molar-refractivity contribution is 6.13. The molecule has 0 aliphatic heterocycles. The van der Waals surface area contributed by atoms with Gasteiger partial charge in [0.25, 0.3) is 0 Å². The van der Waals surface area contributed by atoms with Gasteiger partial charge in [-0.1, -0.05) is 12.1 Å². The van der Waals surface area contributed by atoms with Crippen molar-refractivity contribution < 1.29 is 9.53 Å². The molecular formula is C11H14ClNO2. The molecule has 0 aromatic heterocycles. The molecule has 4 heteroatoms. The lowest BCUT2D eigenvalue weighted by Gasteiger charge is -2.09. The van der Waals surface area contributed by atoms with Gasteiger partial charge in [0.2, 0.25) is 0 Å². The molecule has 0 amide bonds. The van der Waals surface area contributed by atoms with Gasteiger partial charge >= 0.3 is 5.97 Å². The number of carbonyl (C=O) groups excluding carboxylic acids is 1. The second-order valence-electron chi connectivity index (χ2n) is 3.17. The number of nitrogens with one attached hydrogen (secondary N) is 1. The molecule has 0 saturated heterocycles. The molecule has 15 heavy (non-hydrogen) atoms. The average molecular weight is 228 g/mol. The van der Waals surface area contributed by atoms with Crippen LogP contribution < -0.4 is 4.84 Å². The van der Waals surface area contributed by atoms with Gasteiger partial charge in [-0.25, -0.2) is 9.63 Å². The fraction of sp³-hybridized carbons (Fsp3) is 0.364. The van der Waals surface area contributed by atoms with Crippen molar-refractivity contribution in [3.63, 3.8) is 0 Å². The predicted molar refractivity (Wildman–Crippen MR) is 59.8 cm³/mol. The molecule has 1 aromatic carbocycles. The van der Waals surface area contributed by atoms with Crippen molar-refractivity contribution in [3.05, 3.63) is 35.4 Å². The molecule has 82 valence electrons. The van der Waals surface area contributed by atoms with Gasteiger partial charge in [-0.15, -0.1) is 0 Å². The average Bonchev–Trinajstić information content (AvgIpc) is 2.28. The minimum Gasteiger partial charge on any atom is -0.462 e. The van der Waals surface area contributed by atoms with E-state index in [-0.39, 0.29) is 12.0 Å². The maximum atomic E-state index is 11.3. The van der Waals surface area contributed by atoms with Gasteiger partial charge in [0, 0.05) is 6.04 Å². The Morgan fingerprint density at radius 1 is 1.47 bits per heavy atom. The normalized spacial score (nSPS) is 12.2. The minimum atomic E-state index is -0.296. The summed E-state index contributed by atoms with van der Waals surface area (Å²) in [7, 11) is 0. The Morgan fingerprint density at radius 2 is 2.07 bits per heavy atom. The molecule has 1 rings (SSSR count). The maximum absolute atomic E-state index is 11.3. The second kappa shape index (κ2) is 5.73. The van der Waals surface area contributed by atoms with Crippen LogP contribution in [0.3, 0.4) is 0 Å². The predicted octanol–water partition coefficient (Wildman–Crippen LogP) is 2.67. The van der Waals surface area contributed by atoms with Crippen molar-refractivity contribution in [3.8, 4) is 0 Å². The smallest absolute Gasteiger partial charge is 0.338 e. The van der Waals surface area contributed by atoms with Crippen LogP contribution in [0.15, 0.2) is 24.3 Å². The molecular weight excluding hydrogens is 214 g/mol. The second-order valence-corrected chi connectivity index (χ2v) is 3.39. The van der Waals surface area contributed by atoms with E-state index in [1.807, 2.05) is 19.1 Å². The molecule has 0 spiro atoms. The number of hydrogen-bond donors (Lipinski definition) is 1. The van der Waals surface area contributed by atoms with E-state index in [4.69, 9.17) is 16.5 Å². The Kier molecular flexibility index (Phi) is 4.59. The lowest BCUT2D eigenvalue weighted by molar-refractivity contribution is 0.0526. The molecule has 1 aromatic rings. The fourth-order valence-electron chi connectivity index (χ4n) is 1.19. The topological polar surface area (TPSA) is 38.3 Å². The summed E-state index contributed by atoms with van der Waals surface area (Å²) in [5, 5.41) is 0. The van der Waals surface area contributed by atoms with E-state index in [0.29, 0.717) is 12.2 Å². The van der Waals surface area contributed by atoms with Crippen LogP contribution in [0.1, 0.15) is 35.8 Å². The van der Waals surface area contributed by atoms with E-state index in [0.717, 1.165) is 5.56 Å². The van der Waals surface area contributed by atoms with Gasteiger partial charge in [-0.2, -0.15) is 0 Å². The summed E-state index contributed by atoms with van der Waals surface area (Å²) in [4.78, 5) is 13.9. The monoisotopic (exact) mass is 227 g/mol. The quantitative estimate of drug-likeness (QED) is 0.635. The van der Waals surface area contributed by atoms with Gasteiger partial charge in [0.15, 0.2) is 0 Å². The molecule has 0 aliphatic carbocycles.